The topological polar surface area (TPSA) is 38.4 Å². The van der Waals surface area contributed by atoms with Crippen LogP contribution in [0.5, 0.6) is 0 Å². The molecule has 3 aromatic rings. The number of nitrogens with zero attached hydrogens (tertiary/aromatic N) is 4. The fourth-order valence-electron chi connectivity index (χ4n) is 4.54. The molecule has 1 saturated heterocycles. The van der Waals surface area contributed by atoms with Crippen LogP contribution in [0.4, 0.5) is 5.69 Å². The molecule has 0 aliphatic carbocycles. The highest BCUT2D eigenvalue weighted by atomic mass is 15.2. The predicted octanol–water partition coefficient (Wildman–Crippen LogP) is 4.86. The van der Waals surface area contributed by atoms with Crippen molar-refractivity contribution in [2.24, 2.45) is 0 Å². The van der Waals surface area contributed by atoms with E-state index in [1.807, 2.05) is 12.1 Å². The third kappa shape index (κ3) is 5.66. The van der Waals surface area contributed by atoms with Crippen molar-refractivity contribution in [1.82, 2.24) is 19.8 Å². The monoisotopic (exact) mass is 419 g/mol. The van der Waals surface area contributed by atoms with Gasteiger partial charge < -0.3 is 19.7 Å². The van der Waals surface area contributed by atoms with Crippen molar-refractivity contribution in [2.45, 2.75) is 33.1 Å². The molecular formula is C26H37N5. The first-order chi connectivity index (χ1) is 15.3. The first kappa shape index (κ1) is 21.8. The van der Waals surface area contributed by atoms with Crippen LogP contribution < -0.4 is 4.90 Å². The molecule has 31 heavy (non-hydrogen) atoms. The Morgan fingerprint density at radius 3 is 2.32 bits per heavy atom. The minimum absolute atomic E-state index is 0.941. The number of hydrogen-bond donors (Lipinski definition) is 1. The first-order valence-electron chi connectivity index (χ1n) is 12.0. The molecule has 0 radical (unpaired) electrons. The number of fused-ring (bicyclic) bond motifs is 1. The number of aromatic amines is 1. The largest absolute Gasteiger partial charge is 0.369 e. The van der Waals surface area contributed by atoms with Gasteiger partial charge in [0, 0.05) is 37.4 Å². The van der Waals surface area contributed by atoms with Crippen LogP contribution in [0.25, 0.3) is 22.4 Å². The Labute approximate surface area is 187 Å². The SMILES string of the molecule is CCN(CC)CCN(CCN1CCCCC1)c1ccc(-c2nc3ccccc3[nH]2)cc1. The van der Waals surface area contributed by atoms with Gasteiger partial charge in [0.1, 0.15) is 5.82 Å². The summed E-state index contributed by atoms with van der Waals surface area (Å²) in [5, 5.41) is 0. The first-order valence-corrected chi connectivity index (χ1v) is 12.0. The number of H-pyrrole nitrogens is 1. The summed E-state index contributed by atoms with van der Waals surface area (Å²) in [4.78, 5) is 15.9. The number of imidazole rings is 1. The fraction of sp³-hybridized carbons (Fsp3) is 0.500. The van der Waals surface area contributed by atoms with Gasteiger partial charge in [0.15, 0.2) is 0 Å². The molecule has 5 nitrogen and oxygen atoms in total. The molecule has 1 aliphatic heterocycles. The molecule has 1 fully saturated rings. The second-order valence-corrected chi connectivity index (χ2v) is 8.57. The Balaban J connectivity index is 1.47. The molecule has 2 heterocycles. The average Bonchev–Trinajstić information content (AvgIpc) is 3.27. The lowest BCUT2D eigenvalue weighted by Gasteiger charge is -2.32. The van der Waals surface area contributed by atoms with Crippen molar-refractivity contribution in [1.29, 1.82) is 0 Å². The maximum absolute atomic E-state index is 4.75. The van der Waals surface area contributed by atoms with E-state index in [9.17, 15) is 0 Å². The molecular weight excluding hydrogens is 382 g/mol. The highest BCUT2D eigenvalue weighted by Crippen LogP contribution is 2.24. The third-order valence-corrected chi connectivity index (χ3v) is 6.61. The maximum atomic E-state index is 4.75. The second-order valence-electron chi connectivity index (χ2n) is 8.57. The maximum Gasteiger partial charge on any atom is 0.138 e. The van der Waals surface area contributed by atoms with Gasteiger partial charge in [-0.25, -0.2) is 4.98 Å². The van der Waals surface area contributed by atoms with Crippen LogP contribution in [0.1, 0.15) is 33.1 Å². The summed E-state index contributed by atoms with van der Waals surface area (Å²) in [6, 6.07) is 17.2. The Kier molecular flexibility index (Phi) is 7.60. The van der Waals surface area contributed by atoms with Gasteiger partial charge in [0.05, 0.1) is 11.0 Å². The zero-order chi connectivity index (χ0) is 21.5. The van der Waals surface area contributed by atoms with Crippen molar-refractivity contribution in [3.8, 4) is 11.4 Å². The summed E-state index contributed by atoms with van der Waals surface area (Å²) in [7, 11) is 0. The number of rotatable bonds is 10. The lowest BCUT2D eigenvalue weighted by molar-refractivity contribution is 0.231. The van der Waals surface area contributed by atoms with Gasteiger partial charge >= 0.3 is 0 Å². The van der Waals surface area contributed by atoms with Gasteiger partial charge in [-0.3, -0.25) is 0 Å². The van der Waals surface area contributed by atoms with E-state index in [0.29, 0.717) is 0 Å². The Hall–Kier alpha value is -2.37. The van der Waals surface area contributed by atoms with Crippen LogP contribution in [0, 0.1) is 0 Å². The van der Waals surface area contributed by atoms with E-state index >= 15 is 0 Å². The highest BCUT2D eigenvalue weighted by Gasteiger charge is 2.14. The van der Waals surface area contributed by atoms with Crippen LogP contribution in [0.3, 0.4) is 0 Å². The van der Waals surface area contributed by atoms with Gasteiger partial charge in [-0.1, -0.05) is 32.4 Å². The fourth-order valence-corrected chi connectivity index (χ4v) is 4.54. The normalized spacial score (nSPS) is 15.1. The number of nitrogens with one attached hydrogen (secondary N) is 1. The molecule has 0 saturated carbocycles. The number of benzene rings is 2. The van der Waals surface area contributed by atoms with E-state index in [0.717, 1.165) is 61.7 Å². The minimum atomic E-state index is 0.941. The molecule has 0 unspecified atom stereocenters. The standard InChI is InChI=1S/C26H37N5/c1-3-29(4-2)18-20-31(21-19-30-16-8-5-9-17-30)23-14-12-22(13-15-23)26-27-24-10-6-7-11-25(24)28-26/h6-7,10-15H,3-5,8-9,16-21H2,1-2H3,(H,27,28). The van der Waals surface area contributed by atoms with Crippen molar-refractivity contribution >= 4 is 16.7 Å². The zero-order valence-electron chi connectivity index (χ0n) is 19.2. The van der Waals surface area contributed by atoms with Gasteiger partial charge in [-0.2, -0.15) is 0 Å². The Morgan fingerprint density at radius 2 is 1.61 bits per heavy atom. The number of anilines is 1. The molecule has 1 N–H and O–H groups in total. The number of hydrogen-bond acceptors (Lipinski definition) is 4. The molecule has 1 aromatic heterocycles. The van der Waals surface area contributed by atoms with Crippen molar-refractivity contribution in [3.63, 3.8) is 0 Å². The van der Waals surface area contributed by atoms with E-state index in [1.165, 1.54) is 38.0 Å². The summed E-state index contributed by atoms with van der Waals surface area (Å²) >= 11 is 0. The summed E-state index contributed by atoms with van der Waals surface area (Å²) in [5.41, 5.74) is 4.55. The number of likely N-dealkylation sites (N-methyl/N-ethyl adjacent to an activating group) is 1. The van der Waals surface area contributed by atoms with Crippen LogP contribution >= 0.6 is 0 Å². The molecule has 0 spiro atoms. The molecule has 4 rings (SSSR count). The summed E-state index contributed by atoms with van der Waals surface area (Å²) in [6.07, 6.45) is 4.10. The van der Waals surface area contributed by atoms with E-state index in [1.54, 1.807) is 0 Å². The molecule has 166 valence electrons. The zero-order valence-corrected chi connectivity index (χ0v) is 19.2. The number of aromatic nitrogens is 2. The number of likely N-dealkylation sites (tertiary alicyclic amines) is 1. The van der Waals surface area contributed by atoms with Crippen molar-refractivity contribution in [2.75, 3.05) is 57.3 Å². The molecule has 0 atom stereocenters. The summed E-state index contributed by atoms with van der Waals surface area (Å²) < 4.78 is 0. The smallest absolute Gasteiger partial charge is 0.138 e. The summed E-state index contributed by atoms with van der Waals surface area (Å²) in [5.74, 6) is 0.941. The van der Waals surface area contributed by atoms with Gasteiger partial charge in [0.25, 0.3) is 0 Å². The minimum Gasteiger partial charge on any atom is -0.369 e. The van der Waals surface area contributed by atoms with Crippen molar-refractivity contribution in [3.05, 3.63) is 48.5 Å². The van der Waals surface area contributed by atoms with Gasteiger partial charge in [-0.15, -0.1) is 0 Å². The molecule has 1 aliphatic rings. The van der Waals surface area contributed by atoms with E-state index in [2.05, 4.69) is 69.9 Å². The molecule has 2 aromatic carbocycles. The second kappa shape index (κ2) is 10.8. The molecule has 0 amide bonds. The average molecular weight is 420 g/mol. The van der Waals surface area contributed by atoms with Crippen LogP contribution in [-0.4, -0.2) is 72.1 Å². The van der Waals surface area contributed by atoms with Gasteiger partial charge in [-0.05, 0) is 75.4 Å². The van der Waals surface area contributed by atoms with Crippen molar-refractivity contribution < 1.29 is 0 Å². The van der Waals surface area contributed by atoms with Crippen LogP contribution in [-0.2, 0) is 0 Å². The van der Waals surface area contributed by atoms with Crippen LogP contribution in [0.2, 0.25) is 0 Å². The van der Waals surface area contributed by atoms with E-state index in [-0.39, 0.29) is 0 Å². The van der Waals surface area contributed by atoms with E-state index in [4.69, 9.17) is 4.98 Å². The number of piperidine rings is 1. The quantitative estimate of drug-likeness (QED) is 0.509. The lowest BCUT2D eigenvalue weighted by Crippen LogP contribution is -2.41. The predicted molar refractivity (Wildman–Crippen MR) is 132 cm³/mol. The lowest BCUT2D eigenvalue weighted by atomic mass is 10.1. The third-order valence-electron chi connectivity index (χ3n) is 6.61. The van der Waals surface area contributed by atoms with E-state index < -0.39 is 0 Å². The van der Waals surface area contributed by atoms with Gasteiger partial charge in [0.2, 0.25) is 0 Å². The Bertz CT molecular complexity index is 889. The van der Waals surface area contributed by atoms with Crippen LogP contribution in [0.15, 0.2) is 48.5 Å². The Morgan fingerprint density at radius 1 is 0.871 bits per heavy atom. The number of para-hydroxylation sites is 2. The summed E-state index contributed by atoms with van der Waals surface area (Å²) in [6.45, 7) is 13.7. The molecule has 5 heteroatoms. The molecule has 0 bridgehead atoms. The highest BCUT2D eigenvalue weighted by molar-refractivity contribution is 5.79.